The maximum atomic E-state index is 5.60. The van der Waals surface area contributed by atoms with E-state index in [1.54, 1.807) is 0 Å². The van der Waals surface area contributed by atoms with Crippen molar-refractivity contribution in [3.05, 3.63) is 12.3 Å². The van der Waals surface area contributed by atoms with E-state index in [9.17, 15) is 0 Å². The molecule has 2 fully saturated rings. The second-order valence-corrected chi connectivity index (χ2v) is 6.69. The van der Waals surface area contributed by atoms with Crippen molar-refractivity contribution in [2.24, 2.45) is 5.73 Å². The molecular weight excluding hydrogens is 260 g/mol. The van der Waals surface area contributed by atoms with E-state index in [1.807, 2.05) is 0 Å². The lowest BCUT2D eigenvalue weighted by Crippen LogP contribution is -2.53. The average molecular weight is 294 g/mol. The predicted molar refractivity (Wildman–Crippen MR) is 90.3 cm³/mol. The molecule has 2 aliphatic rings. The first-order chi connectivity index (χ1) is 10.2. The van der Waals surface area contributed by atoms with E-state index in [1.165, 1.54) is 50.9 Å². The first-order valence-electron chi connectivity index (χ1n) is 8.80. The molecule has 0 bridgehead atoms. The number of nitrogens with zero attached hydrogens (tertiary/aromatic N) is 2. The molecule has 1 aliphatic heterocycles. The molecule has 0 aromatic rings. The van der Waals surface area contributed by atoms with Gasteiger partial charge in [-0.3, -0.25) is 4.90 Å². The topological polar surface area (TPSA) is 44.5 Å². The van der Waals surface area contributed by atoms with Crippen molar-refractivity contribution in [2.75, 3.05) is 45.8 Å². The van der Waals surface area contributed by atoms with Crippen LogP contribution < -0.4 is 11.1 Å². The Balaban J connectivity index is 1.74. The van der Waals surface area contributed by atoms with Gasteiger partial charge in [-0.25, -0.2) is 0 Å². The highest BCUT2D eigenvalue weighted by atomic mass is 15.3. The van der Waals surface area contributed by atoms with E-state index in [-0.39, 0.29) is 0 Å². The smallest absolute Gasteiger partial charge is 0.0389 e. The molecule has 21 heavy (non-hydrogen) atoms. The van der Waals surface area contributed by atoms with Gasteiger partial charge in [0.25, 0.3) is 0 Å². The highest BCUT2D eigenvalue weighted by molar-refractivity contribution is 5.16. The molecule has 3 N–H and O–H groups in total. The van der Waals surface area contributed by atoms with Gasteiger partial charge in [0.05, 0.1) is 0 Å². The summed E-state index contributed by atoms with van der Waals surface area (Å²) in [6.45, 7) is 14.2. The van der Waals surface area contributed by atoms with Crippen molar-refractivity contribution in [1.29, 1.82) is 0 Å². The maximum Gasteiger partial charge on any atom is 0.0389 e. The standard InChI is InChI=1S/C17H34N4/c1-3-19-11-5-7-13-21-14-16(2)20(12-6-4-10-18)15-17(21)8-9-17/h19H,2-15,18H2,1H3. The summed E-state index contributed by atoms with van der Waals surface area (Å²) < 4.78 is 0. The lowest BCUT2D eigenvalue weighted by Gasteiger charge is -2.44. The normalized spacial score (nSPS) is 21.2. The number of piperazine rings is 1. The van der Waals surface area contributed by atoms with Crippen molar-refractivity contribution in [3.8, 4) is 0 Å². The van der Waals surface area contributed by atoms with Gasteiger partial charge in [0.1, 0.15) is 0 Å². The molecule has 0 unspecified atom stereocenters. The number of hydrogen-bond acceptors (Lipinski definition) is 4. The summed E-state index contributed by atoms with van der Waals surface area (Å²) in [5.74, 6) is 0. The van der Waals surface area contributed by atoms with Crippen LogP contribution in [0, 0.1) is 0 Å². The fraction of sp³-hybridized carbons (Fsp3) is 0.882. The molecule has 122 valence electrons. The van der Waals surface area contributed by atoms with E-state index >= 15 is 0 Å². The van der Waals surface area contributed by atoms with Gasteiger partial charge < -0.3 is 16.0 Å². The van der Waals surface area contributed by atoms with Crippen LogP contribution in [0.25, 0.3) is 0 Å². The van der Waals surface area contributed by atoms with Crippen LogP contribution in [0.2, 0.25) is 0 Å². The molecule has 1 aliphatic carbocycles. The molecular formula is C17H34N4. The second-order valence-electron chi connectivity index (χ2n) is 6.69. The van der Waals surface area contributed by atoms with Crippen LogP contribution in [0.1, 0.15) is 45.4 Å². The minimum absolute atomic E-state index is 0.488. The highest BCUT2D eigenvalue weighted by Gasteiger charge is 2.51. The van der Waals surface area contributed by atoms with Crippen molar-refractivity contribution in [2.45, 2.75) is 51.0 Å². The molecule has 2 rings (SSSR count). The Morgan fingerprint density at radius 3 is 2.62 bits per heavy atom. The van der Waals surface area contributed by atoms with Gasteiger partial charge in [-0.05, 0) is 64.7 Å². The van der Waals surface area contributed by atoms with Gasteiger partial charge in [-0.15, -0.1) is 0 Å². The van der Waals surface area contributed by atoms with Gasteiger partial charge in [0.2, 0.25) is 0 Å². The molecule has 0 amide bonds. The van der Waals surface area contributed by atoms with E-state index in [0.29, 0.717) is 5.54 Å². The summed E-state index contributed by atoms with van der Waals surface area (Å²) in [5, 5.41) is 3.41. The van der Waals surface area contributed by atoms with Gasteiger partial charge >= 0.3 is 0 Å². The van der Waals surface area contributed by atoms with E-state index in [4.69, 9.17) is 5.73 Å². The van der Waals surface area contributed by atoms with Crippen LogP contribution in [0.5, 0.6) is 0 Å². The Kier molecular flexibility index (Phi) is 6.52. The Labute approximate surface area is 130 Å². The Morgan fingerprint density at radius 1 is 1.19 bits per heavy atom. The monoisotopic (exact) mass is 294 g/mol. The summed E-state index contributed by atoms with van der Waals surface area (Å²) in [7, 11) is 0. The van der Waals surface area contributed by atoms with E-state index in [2.05, 4.69) is 28.6 Å². The zero-order valence-corrected chi connectivity index (χ0v) is 13.9. The zero-order valence-electron chi connectivity index (χ0n) is 13.9. The molecule has 0 aromatic heterocycles. The number of hydrogen-bond donors (Lipinski definition) is 2. The summed E-state index contributed by atoms with van der Waals surface area (Å²) in [4.78, 5) is 5.23. The van der Waals surface area contributed by atoms with Gasteiger partial charge in [0, 0.05) is 30.9 Å². The average Bonchev–Trinajstić information content (AvgIpc) is 3.24. The third-order valence-electron chi connectivity index (χ3n) is 4.97. The first kappa shape index (κ1) is 16.8. The van der Waals surface area contributed by atoms with Gasteiger partial charge in [-0.1, -0.05) is 13.5 Å². The third-order valence-corrected chi connectivity index (χ3v) is 4.97. The number of unbranched alkanes of at least 4 members (excludes halogenated alkanes) is 2. The maximum absolute atomic E-state index is 5.60. The Morgan fingerprint density at radius 2 is 1.95 bits per heavy atom. The fourth-order valence-corrected chi connectivity index (χ4v) is 3.40. The highest BCUT2D eigenvalue weighted by Crippen LogP contribution is 2.45. The largest absolute Gasteiger partial charge is 0.372 e. The lowest BCUT2D eigenvalue weighted by atomic mass is 10.1. The molecule has 1 spiro atoms. The quantitative estimate of drug-likeness (QED) is 0.603. The van der Waals surface area contributed by atoms with Gasteiger partial charge in [-0.2, -0.15) is 0 Å². The molecule has 1 heterocycles. The SMILES string of the molecule is C=C1CN(CCCCNCC)C2(CC2)CN1CCCCN. The van der Waals surface area contributed by atoms with Crippen LogP contribution in [-0.2, 0) is 0 Å². The van der Waals surface area contributed by atoms with Crippen LogP contribution in [0.4, 0.5) is 0 Å². The lowest BCUT2D eigenvalue weighted by molar-refractivity contribution is 0.0912. The fourth-order valence-electron chi connectivity index (χ4n) is 3.40. The summed E-state index contributed by atoms with van der Waals surface area (Å²) in [5.41, 5.74) is 7.41. The molecule has 0 atom stereocenters. The minimum atomic E-state index is 0.488. The molecule has 0 aromatic carbocycles. The minimum Gasteiger partial charge on any atom is -0.372 e. The van der Waals surface area contributed by atoms with E-state index < -0.39 is 0 Å². The van der Waals surface area contributed by atoms with Crippen molar-refractivity contribution in [1.82, 2.24) is 15.1 Å². The Bertz CT molecular complexity index is 325. The van der Waals surface area contributed by atoms with Crippen LogP contribution in [-0.4, -0.2) is 61.2 Å². The van der Waals surface area contributed by atoms with Crippen LogP contribution in [0.15, 0.2) is 12.3 Å². The van der Waals surface area contributed by atoms with Gasteiger partial charge in [0.15, 0.2) is 0 Å². The molecule has 1 saturated heterocycles. The summed E-state index contributed by atoms with van der Waals surface area (Å²) in [6, 6.07) is 0. The second kappa shape index (κ2) is 8.16. The zero-order chi connectivity index (χ0) is 15.1. The summed E-state index contributed by atoms with van der Waals surface area (Å²) >= 11 is 0. The summed E-state index contributed by atoms with van der Waals surface area (Å²) in [6.07, 6.45) is 7.67. The van der Waals surface area contributed by atoms with Crippen LogP contribution >= 0.6 is 0 Å². The first-order valence-corrected chi connectivity index (χ1v) is 8.80. The third kappa shape index (κ3) is 4.70. The molecule has 4 heteroatoms. The molecule has 0 radical (unpaired) electrons. The van der Waals surface area contributed by atoms with E-state index in [0.717, 1.165) is 39.1 Å². The molecule has 1 saturated carbocycles. The van der Waals surface area contributed by atoms with Crippen molar-refractivity contribution < 1.29 is 0 Å². The van der Waals surface area contributed by atoms with Crippen LogP contribution in [0.3, 0.4) is 0 Å². The Hall–Kier alpha value is -0.580. The number of nitrogens with one attached hydrogen (secondary N) is 1. The molecule has 4 nitrogen and oxygen atoms in total. The number of rotatable bonds is 10. The van der Waals surface area contributed by atoms with Crippen molar-refractivity contribution >= 4 is 0 Å². The van der Waals surface area contributed by atoms with Crippen molar-refractivity contribution in [3.63, 3.8) is 0 Å². The number of nitrogens with two attached hydrogens (primary N) is 1. The predicted octanol–water partition coefficient (Wildman–Crippen LogP) is 1.78.